The van der Waals surface area contributed by atoms with Gasteiger partial charge in [-0.1, -0.05) is 20.8 Å². The zero-order chi connectivity index (χ0) is 11.3. The molecule has 0 amide bonds. The maximum absolute atomic E-state index is 5.67. The van der Waals surface area contributed by atoms with E-state index in [0.29, 0.717) is 6.61 Å². The van der Waals surface area contributed by atoms with Crippen LogP contribution in [-0.4, -0.2) is 29.5 Å². The summed E-state index contributed by atoms with van der Waals surface area (Å²) in [7, 11) is 1.89. The Kier molecular flexibility index (Phi) is 4.15. The number of nitrogens with zero attached hydrogens (tertiary/aromatic N) is 2. The van der Waals surface area contributed by atoms with Gasteiger partial charge in [-0.2, -0.15) is 5.10 Å². The molecule has 4 nitrogen and oxygen atoms in total. The monoisotopic (exact) mass is 211 g/mol. The summed E-state index contributed by atoms with van der Waals surface area (Å²) in [6.07, 6.45) is 3.62. The molecule has 1 aromatic rings. The SMILES string of the molecule is CCNCC(C)(C)COc1cnn(C)c1. The summed E-state index contributed by atoms with van der Waals surface area (Å²) in [5.41, 5.74) is 0.145. The van der Waals surface area contributed by atoms with Crippen molar-refractivity contribution in [3.05, 3.63) is 12.4 Å². The largest absolute Gasteiger partial charge is 0.490 e. The van der Waals surface area contributed by atoms with E-state index in [0.717, 1.165) is 18.8 Å². The van der Waals surface area contributed by atoms with Crippen molar-refractivity contribution < 1.29 is 4.74 Å². The van der Waals surface area contributed by atoms with Crippen LogP contribution in [0.5, 0.6) is 5.75 Å². The average molecular weight is 211 g/mol. The van der Waals surface area contributed by atoms with Crippen molar-refractivity contribution in [3.8, 4) is 5.75 Å². The van der Waals surface area contributed by atoms with E-state index < -0.39 is 0 Å². The van der Waals surface area contributed by atoms with E-state index in [1.165, 1.54) is 0 Å². The van der Waals surface area contributed by atoms with Crippen molar-refractivity contribution in [2.45, 2.75) is 20.8 Å². The summed E-state index contributed by atoms with van der Waals surface area (Å²) in [4.78, 5) is 0. The molecule has 86 valence electrons. The van der Waals surface area contributed by atoms with Crippen LogP contribution in [0.15, 0.2) is 12.4 Å². The molecule has 0 fully saturated rings. The standard InChI is InChI=1S/C11H21N3O/c1-5-12-8-11(2,3)9-15-10-6-13-14(4)7-10/h6-7,12H,5,8-9H2,1-4H3. The first-order valence-electron chi connectivity index (χ1n) is 5.36. The summed E-state index contributed by atoms with van der Waals surface area (Å²) in [6.45, 7) is 9.14. The lowest BCUT2D eigenvalue weighted by Gasteiger charge is -2.24. The molecular formula is C11H21N3O. The Morgan fingerprint density at radius 1 is 1.53 bits per heavy atom. The molecule has 0 aliphatic carbocycles. The van der Waals surface area contributed by atoms with Crippen LogP contribution in [0.1, 0.15) is 20.8 Å². The second-order valence-corrected chi connectivity index (χ2v) is 4.58. The van der Waals surface area contributed by atoms with E-state index in [1.54, 1.807) is 10.9 Å². The van der Waals surface area contributed by atoms with Crippen LogP contribution in [0.3, 0.4) is 0 Å². The van der Waals surface area contributed by atoms with Gasteiger partial charge in [0.25, 0.3) is 0 Å². The fraction of sp³-hybridized carbons (Fsp3) is 0.727. The number of aromatic nitrogens is 2. The van der Waals surface area contributed by atoms with Crippen LogP contribution < -0.4 is 10.1 Å². The maximum Gasteiger partial charge on any atom is 0.157 e. The number of hydrogen-bond acceptors (Lipinski definition) is 3. The molecular weight excluding hydrogens is 190 g/mol. The van der Waals surface area contributed by atoms with Crippen LogP contribution in [0.2, 0.25) is 0 Å². The van der Waals surface area contributed by atoms with Crippen molar-refractivity contribution in [1.29, 1.82) is 0 Å². The fourth-order valence-corrected chi connectivity index (χ4v) is 1.27. The van der Waals surface area contributed by atoms with E-state index in [2.05, 4.69) is 31.2 Å². The molecule has 1 aromatic heterocycles. The van der Waals surface area contributed by atoms with Gasteiger partial charge in [0, 0.05) is 19.0 Å². The zero-order valence-corrected chi connectivity index (χ0v) is 10.1. The van der Waals surface area contributed by atoms with Gasteiger partial charge in [-0.25, -0.2) is 0 Å². The van der Waals surface area contributed by atoms with Crippen LogP contribution in [0.25, 0.3) is 0 Å². The van der Waals surface area contributed by atoms with E-state index in [4.69, 9.17) is 4.74 Å². The van der Waals surface area contributed by atoms with Crippen molar-refractivity contribution >= 4 is 0 Å². The van der Waals surface area contributed by atoms with Crippen molar-refractivity contribution in [2.24, 2.45) is 12.5 Å². The Bertz CT molecular complexity index is 294. The van der Waals surface area contributed by atoms with Gasteiger partial charge in [0.05, 0.1) is 19.0 Å². The van der Waals surface area contributed by atoms with Gasteiger partial charge in [-0.05, 0) is 6.54 Å². The molecule has 4 heteroatoms. The number of ether oxygens (including phenoxy) is 1. The number of aryl methyl sites for hydroxylation is 1. The van der Waals surface area contributed by atoms with Crippen LogP contribution in [0, 0.1) is 5.41 Å². The third kappa shape index (κ3) is 4.34. The highest BCUT2D eigenvalue weighted by Crippen LogP contribution is 2.16. The zero-order valence-electron chi connectivity index (χ0n) is 10.1. The molecule has 0 atom stereocenters. The molecule has 0 radical (unpaired) electrons. The lowest BCUT2D eigenvalue weighted by molar-refractivity contribution is 0.177. The van der Waals surface area contributed by atoms with Crippen molar-refractivity contribution in [1.82, 2.24) is 15.1 Å². The highest BCUT2D eigenvalue weighted by atomic mass is 16.5. The van der Waals surface area contributed by atoms with E-state index >= 15 is 0 Å². The molecule has 0 saturated heterocycles. The molecule has 0 saturated carbocycles. The van der Waals surface area contributed by atoms with Gasteiger partial charge in [-0.3, -0.25) is 4.68 Å². The molecule has 0 aliphatic heterocycles. The summed E-state index contributed by atoms with van der Waals surface area (Å²) in [5, 5.41) is 7.38. The smallest absolute Gasteiger partial charge is 0.157 e. The molecule has 0 aromatic carbocycles. The lowest BCUT2D eigenvalue weighted by atomic mass is 9.95. The number of rotatable bonds is 6. The van der Waals surface area contributed by atoms with Gasteiger partial charge >= 0.3 is 0 Å². The predicted molar refractivity (Wildman–Crippen MR) is 61.0 cm³/mol. The molecule has 0 aliphatic rings. The van der Waals surface area contributed by atoms with Gasteiger partial charge < -0.3 is 10.1 Å². The maximum atomic E-state index is 5.67. The summed E-state index contributed by atoms with van der Waals surface area (Å²) >= 11 is 0. The first-order chi connectivity index (χ1) is 7.03. The predicted octanol–water partition coefficient (Wildman–Crippen LogP) is 1.43. The quantitative estimate of drug-likeness (QED) is 0.773. The lowest BCUT2D eigenvalue weighted by Crippen LogP contribution is -2.34. The van der Waals surface area contributed by atoms with Crippen LogP contribution >= 0.6 is 0 Å². The summed E-state index contributed by atoms with van der Waals surface area (Å²) < 4.78 is 7.41. The molecule has 15 heavy (non-hydrogen) atoms. The Morgan fingerprint density at radius 3 is 2.80 bits per heavy atom. The molecule has 0 spiro atoms. The molecule has 1 rings (SSSR count). The second kappa shape index (κ2) is 5.16. The van der Waals surface area contributed by atoms with Gasteiger partial charge in [-0.15, -0.1) is 0 Å². The van der Waals surface area contributed by atoms with E-state index in [-0.39, 0.29) is 5.41 Å². The molecule has 1 heterocycles. The average Bonchev–Trinajstić information content (AvgIpc) is 2.59. The van der Waals surface area contributed by atoms with E-state index in [9.17, 15) is 0 Å². The molecule has 0 bridgehead atoms. The first-order valence-corrected chi connectivity index (χ1v) is 5.36. The normalized spacial score (nSPS) is 11.7. The van der Waals surface area contributed by atoms with Gasteiger partial charge in [0.2, 0.25) is 0 Å². The highest BCUT2D eigenvalue weighted by Gasteiger charge is 2.18. The summed E-state index contributed by atoms with van der Waals surface area (Å²) in [5.74, 6) is 0.835. The fourth-order valence-electron chi connectivity index (χ4n) is 1.27. The third-order valence-electron chi connectivity index (χ3n) is 2.16. The summed E-state index contributed by atoms with van der Waals surface area (Å²) in [6, 6.07) is 0. The minimum absolute atomic E-state index is 0.145. The highest BCUT2D eigenvalue weighted by molar-refractivity contribution is 5.11. The Balaban J connectivity index is 2.35. The Morgan fingerprint density at radius 2 is 2.27 bits per heavy atom. The van der Waals surface area contributed by atoms with Crippen LogP contribution in [-0.2, 0) is 7.05 Å². The van der Waals surface area contributed by atoms with Crippen molar-refractivity contribution in [3.63, 3.8) is 0 Å². The minimum Gasteiger partial charge on any atom is -0.490 e. The second-order valence-electron chi connectivity index (χ2n) is 4.58. The Labute approximate surface area is 91.6 Å². The van der Waals surface area contributed by atoms with Gasteiger partial charge in [0.1, 0.15) is 0 Å². The minimum atomic E-state index is 0.145. The Hall–Kier alpha value is -1.03. The van der Waals surface area contributed by atoms with E-state index in [1.807, 2.05) is 13.2 Å². The van der Waals surface area contributed by atoms with Gasteiger partial charge in [0.15, 0.2) is 5.75 Å². The molecule has 1 N–H and O–H groups in total. The molecule has 0 unspecified atom stereocenters. The number of nitrogens with one attached hydrogen (secondary N) is 1. The third-order valence-corrected chi connectivity index (χ3v) is 2.16. The topological polar surface area (TPSA) is 39.1 Å². The first kappa shape index (κ1) is 12.0. The van der Waals surface area contributed by atoms with Crippen LogP contribution in [0.4, 0.5) is 0 Å². The number of hydrogen-bond donors (Lipinski definition) is 1. The van der Waals surface area contributed by atoms with Crippen molar-refractivity contribution in [2.75, 3.05) is 19.7 Å².